The molecule has 3 aliphatic carbocycles. The van der Waals surface area contributed by atoms with Gasteiger partial charge in [0.1, 0.15) is 48.0 Å². The smallest absolute Gasteiger partial charge is 0.456 e. The molecule has 16 nitrogen and oxygen atoms in total. The van der Waals surface area contributed by atoms with Gasteiger partial charge in [-0.2, -0.15) is 0 Å². The molecule has 6 rings (SSSR count). The minimum Gasteiger partial charge on any atom is -0.456 e. The third-order valence-corrected chi connectivity index (χ3v) is 13.8. The van der Waals surface area contributed by atoms with Crippen LogP contribution in [0.5, 0.6) is 0 Å². The number of hydrogen-bond acceptors (Lipinski definition) is 15. The summed E-state index contributed by atoms with van der Waals surface area (Å²) in [6, 6.07) is 14.6. The van der Waals surface area contributed by atoms with E-state index >= 15 is 4.79 Å². The zero-order valence-corrected chi connectivity index (χ0v) is 40.3. The van der Waals surface area contributed by atoms with E-state index in [0.29, 0.717) is 11.1 Å². The fourth-order valence-corrected chi connectivity index (χ4v) is 10.7. The number of esters is 3. The number of hydrogen-bond donors (Lipinski definition) is 3. The number of rotatable bonds is 10. The van der Waals surface area contributed by atoms with E-state index in [4.69, 9.17) is 68.0 Å². The SMILES string of the molecule is CC(=O)OC12COC1C[C@H](OC(=O)OCC(Cl)(Cl)Cl)[C@@]1(C)C(=O)C(C)C3=C(C)C(OC(=O)C(O)C(NC(=O)OC(C)(C)C)c4ccccc4)C[C@@](O)([C@@H](OC(=O)c4ccccc4)[C@H]21)C3(C)C. The Kier molecular flexibility index (Phi) is 14.3. The van der Waals surface area contributed by atoms with Crippen molar-refractivity contribution in [3.8, 4) is 0 Å². The topological polar surface area (TPSA) is 220 Å². The molecular weight excluding hydrogens is 925 g/mol. The summed E-state index contributed by atoms with van der Waals surface area (Å²) >= 11 is 17.6. The highest BCUT2D eigenvalue weighted by Gasteiger charge is 2.78. The highest BCUT2D eigenvalue weighted by Crippen LogP contribution is 2.65. The van der Waals surface area contributed by atoms with Crippen molar-refractivity contribution in [2.24, 2.45) is 22.7 Å². The lowest BCUT2D eigenvalue weighted by atomic mass is 9.43. The van der Waals surface area contributed by atoms with E-state index in [9.17, 15) is 34.2 Å². The summed E-state index contributed by atoms with van der Waals surface area (Å²) in [5.74, 6) is -6.25. The second-order valence-corrected chi connectivity index (χ2v) is 21.7. The summed E-state index contributed by atoms with van der Waals surface area (Å²) < 4.78 is 39.2. The van der Waals surface area contributed by atoms with Crippen LogP contribution >= 0.6 is 34.8 Å². The summed E-state index contributed by atoms with van der Waals surface area (Å²) in [7, 11) is 0. The minimum atomic E-state index is -2.33. The lowest BCUT2D eigenvalue weighted by molar-refractivity contribution is -0.345. The molecule has 6 unspecified atom stereocenters. The summed E-state index contributed by atoms with van der Waals surface area (Å²) in [5, 5.41) is 28.1. The van der Waals surface area contributed by atoms with Crippen LogP contribution in [-0.2, 0) is 47.5 Å². The van der Waals surface area contributed by atoms with E-state index in [0.717, 1.165) is 6.92 Å². The molecule has 19 heteroatoms. The number of ketones is 1. The predicted octanol–water partition coefficient (Wildman–Crippen LogP) is 7.07. The Labute approximate surface area is 397 Å². The molecule has 3 fully saturated rings. The highest BCUT2D eigenvalue weighted by atomic mass is 35.6. The fraction of sp³-hybridized carbons (Fsp3) is 0.574. The lowest BCUT2D eigenvalue weighted by Gasteiger charge is -2.67. The van der Waals surface area contributed by atoms with Crippen molar-refractivity contribution >= 4 is 70.7 Å². The van der Waals surface area contributed by atoms with Gasteiger partial charge in [-0.15, -0.1) is 0 Å². The molecule has 2 saturated carbocycles. The molecule has 2 aromatic carbocycles. The maximum Gasteiger partial charge on any atom is 0.508 e. The third-order valence-electron chi connectivity index (χ3n) is 13.4. The maximum absolute atomic E-state index is 15.8. The first-order chi connectivity index (χ1) is 30.6. The van der Waals surface area contributed by atoms with Gasteiger partial charge in [-0.3, -0.25) is 9.59 Å². The van der Waals surface area contributed by atoms with Crippen molar-refractivity contribution < 1.29 is 72.1 Å². The molecule has 2 bridgehead atoms. The molecule has 1 aliphatic heterocycles. The van der Waals surface area contributed by atoms with Gasteiger partial charge in [0.25, 0.3) is 0 Å². The first-order valence-corrected chi connectivity index (χ1v) is 22.6. The first-order valence-electron chi connectivity index (χ1n) is 21.5. The van der Waals surface area contributed by atoms with Crippen LogP contribution in [-0.4, -0.2) is 110 Å². The van der Waals surface area contributed by atoms with Crippen molar-refractivity contribution in [3.63, 3.8) is 0 Å². The number of aliphatic hydroxyl groups excluding tert-OH is 1. The number of Topliss-reactive ketones (excluding diaryl/α,β-unsaturated/α-hetero) is 1. The van der Waals surface area contributed by atoms with Gasteiger partial charge in [0, 0.05) is 31.1 Å². The van der Waals surface area contributed by atoms with Gasteiger partial charge in [0.05, 0.1) is 29.5 Å². The van der Waals surface area contributed by atoms with Gasteiger partial charge in [0.2, 0.25) is 3.79 Å². The molecule has 0 aromatic heterocycles. The van der Waals surface area contributed by atoms with Crippen LogP contribution in [0.2, 0.25) is 0 Å². The van der Waals surface area contributed by atoms with Crippen LogP contribution in [0.15, 0.2) is 71.8 Å². The summed E-state index contributed by atoms with van der Waals surface area (Å²) in [5.41, 5.74) is -7.51. The lowest BCUT2D eigenvalue weighted by Crippen LogP contribution is -2.81. The van der Waals surface area contributed by atoms with E-state index in [1.54, 1.807) is 97.0 Å². The predicted molar refractivity (Wildman–Crippen MR) is 237 cm³/mol. The van der Waals surface area contributed by atoms with E-state index < -0.39 is 129 Å². The molecule has 1 heterocycles. The minimum absolute atomic E-state index is 0.0579. The molecule has 1 amide bonds. The number of carbonyl (C=O) groups is 6. The van der Waals surface area contributed by atoms with Crippen molar-refractivity contribution in [1.29, 1.82) is 0 Å². The van der Waals surface area contributed by atoms with Crippen LogP contribution in [0.25, 0.3) is 0 Å². The normalized spacial score (nSPS) is 31.2. The molecule has 1 saturated heterocycles. The Hall–Kier alpha value is -4.45. The van der Waals surface area contributed by atoms with E-state index in [-0.39, 0.29) is 24.2 Å². The average Bonchev–Trinajstić information content (AvgIpc) is 3.22. The second kappa shape index (κ2) is 18.6. The van der Waals surface area contributed by atoms with Crippen LogP contribution in [0.3, 0.4) is 0 Å². The van der Waals surface area contributed by atoms with Gasteiger partial charge in [-0.05, 0) is 63.5 Å². The zero-order chi connectivity index (χ0) is 48.9. The Morgan fingerprint density at radius 2 is 1.55 bits per heavy atom. The fourth-order valence-electron chi connectivity index (χ4n) is 10.5. The number of benzene rings is 2. The molecule has 4 aliphatic rings. The molecule has 360 valence electrons. The molecule has 66 heavy (non-hydrogen) atoms. The van der Waals surface area contributed by atoms with E-state index in [1.807, 2.05) is 0 Å². The standard InChI is InChI=1S/C47H56Cl3NO15/c1-24-29(62-39(56)34(53)33(27-16-12-10-13-17-27)51-40(57)66-42(4,5)6)21-46(59)37(64-38(55)28-18-14-11-15-19-28)35-44(9,36(54)25(2)32(24)43(46,7)8)30(63-41(58)61-23-47(48,49)50)20-31-45(35,22-60-31)65-26(3)52/h10-19,25,29-31,33-35,37,53,59H,20-23H2,1-9H3,(H,51,57)/t25?,29?,30-,31?,33?,34?,35-,37-,44+,45?,46+/m0/s1. The molecular formula is C47H56Cl3NO15. The largest absolute Gasteiger partial charge is 0.508 e. The number of fused-ring (bicyclic) bond motifs is 5. The number of carbonyl (C=O) groups excluding carboxylic acids is 6. The van der Waals surface area contributed by atoms with Gasteiger partial charge in [-0.1, -0.05) is 104 Å². The van der Waals surface area contributed by atoms with Crippen LogP contribution < -0.4 is 5.32 Å². The molecule has 2 aromatic rings. The molecule has 3 N–H and O–H groups in total. The number of ether oxygens (including phenoxy) is 7. The van der Waals surface area contributed by atoms with E-state index in [2.05, 4.69) is 5.32 Å². The summed E-state index contributed by atoms with van der Waals surface area (Å²) in [6.07, 6.45) is -10.8. The van der Waals surface area contributed by atoms with Crippen LogP contribution in [0.1, 0.15) is 97.1 Å². The van der Waals surface area contributed by atoms with Crippen LogP contribution in [0, 0.1) is 22.7 Å². The highest BCUT2D eigenvalue weighted by molar-refractivity contribution is 6.67. The monoisotopic (exact) mass is 979 g/mol. The van der Waals surface area contributed by atoms with Gasteiger partial charge >= 0.3 is 30.2 Å². The van der Waals surface area contributed by atoms with Crippen LogP contribution in [0.4, 0.5) is 9.59 Å². The van der Waals surface area contributed by atoms with Crippen molar-refractivity contribution in [1.82, 2.24) is 5.32 Å². The average molecular weight is 981 g/mol. The van der Waals surface area contributed by atoms with Crippen molar-refractivity contribution in [2.75, 3.05) is 13.2 Å². The van der Waals surface area contributed by atoms with Gasteiger partial charge in [0.15, 0.2) is 11.7 Å². The van der Waals surface area contributed by atoms with Crippen molar-refractivity contribution in [3.05, 3.63) is 82.9 Å². The van der Waals surface area contributed by atoms with Crippen molar-refractivity contribution in [2.45, 2.75) is 132 Å². The second-order valence-electron chi connectivity index (χ2n) is 19.1. The summed E-state index contributed by atoms with van der Waals surface area (Å²) in [6.45, 7) is 13.0. The quantitative estimate of drug-likeness (QED) is 0.0939. The summed E-state index contributed by atoms with van der Waals surface area (Å²) in [4.78, 5) is 84.1. The van der Waals surface area contributed by atoms with Gasteiger partial charge in [-0.25, -0.2) is 19.2 Å². The number of amides is 1. The van der Waals surface area contributed by atoms with E-state index in [1.165, 1.54) is 19.1 Å². The number of alkyl carbamates (subject to hydrolysis) is 1. The van der Waals surface area contributed by atoms with Gasteiger partial charge < -0.3 is 48.7 Å². The zero-order valence-electron chi connectivity index (χ0n) is 38.1. The molecule has 0 radical (unpaired) electrons. The third kappa shape index (κ3) is 9.64. The molecule has 11 atom stereocenters. The number of halogens is 3. The Balaban J connectivity index is 1.52. The number of aliphatic hydroxyl groups is 2. The Bertz CT molecular complexity index is 2240. The first kappa shape index (κ1) is 51.0. The Morgan fingerprint density at radius 3 is 2.09 bits per heavy atom. The number of alkyl halides is 3. The Morgan fingerprint density at radius 1 is 0.939 bits per heavy atom. The maximum atomic E-state index is 15.8. The molecule has 0 spiro atoms. The number of nitrogens with one attached hydrogen (secondary N) is 1.